The van der Waals surface area contributed by atoms with Gasteiger partial charge in [-0.25, -0.2) is 0 Å². The molecule has 7 rings (SSSR count). The molecule has 0 saturated carbocycles. The number of nitrogens with zero attached hydrogens (tertiary/aromatic N) is 5. The van der Waals surface area contributed by atoms with Crippen LogP contribution in [0.25, 0.3) is 11.2 Å². The summed E-state index contributed by atoms with van der Waals surface area (Å²) in [7, 11) is -1.36. The van der Waals surface area contributed by atoms with Crippen molar-refractivity contribution in [1.82, 2.24) is 29.7 Å². The Morgan fingerprint density at radius 2 is 1.52 bits per heavy atom. The molecule has 1 fully saturated rings. The van der Waals surface area contributed by atoms with E-state index in [-0.39, 0.29) is 41.5 Å². The van der Waals surface area contributed by atoms with Gasteiger partial charge < -0.3 is 23.1 Å². The number of methoxy groups -OCH3 is 2. The van der Waals surface area contributed by atoms with Crippen molar-refractivity contribution in [1.29, 1.82) is 0 Å². The van der Waals surface area contributed by atoms with Crippen molar-refractivity contribution < 1.29 is 41.3 Å². The Morgan fingerprint density at radius 1 is 0.933 bits per heavy atom. The summed E-state index contributed by atoms with van der Waals surface area (Å²) in [5.74, 6) is 0.0775. The van der Waals surface area contributed by atoms with Crippen LogP contribution < -0.4 is 29.3 Å². The molecule has 2 aromatic heterocycles. The zero-order chi connectivity index (χ0) is 42.6. The topological polar surface area (TPSA) is 241 Å². The maximum Gasteiger partial charge on any atom is 0.382 e. The average Bonchev–Trinajstić information content (AvgIpc) is 3.86. The third-order valence-corrected chi connectivity index (χ3v) is 10.7. The number of fused-ring (bicyclic) bond motifs is 1. The largest absolute Gasteiger partial charge is 0.497 e. The molecule has 0 bridgehead atoms. The van der Waals surface area contributed by atoms with Crippen molar-refractivity contribution in [2.24, 2.45) is 5.92 Å². The second-order valence-corrected chi connectivity index (χ2v) is 15.3. The lowest BCUT2D eigenvalue weighted by Crippen LogP contribution is -2.39. The predicted octanol–water partition coefficient (Wildman–Crippen LogP) is 4.61. The van der Waals surface area contributed by atoms with Crippen LogP contribution in [0.5, 0.6) is 17.2 Å². The summed E-state index contributed by atoms with van der Waals surface area (Å²) < 4.78 is 60.0. The second kappa shape index (κ2) is 17.2. The molecule has 3 N–H and O–H groups in total. The Hall–Kier alpha value is -6.74. The SMILES string of the molecule is COc1ccc(C(O[C@@H]2C[C@@H](CNS(=O)(=O)Oc3ccc([N+](=O)[O-])cc3)O[C@H]2n2nnc3c(=O)[nH]c(NC(=O)C(C)C)nc32)(c2ccccc2)c2ccc(OC)cc2)cc1. The molecule has 1 saturated heterocycles. The minimum absolute atomic E-state index is 0.0432. The Bertz CT molecular complexity index is 2590. The minimum Gasteiger partial charge on any atom is -0.497 e. The fraction of sp³-hybridized carbons (Fsp3) is 0.275. The van der Waals surface area contributed by atoms with E-state index < -0.39 is 56.6 Å². The summed E-state index contributed by atoms with van der Waals surface area (Å²) in [6.45, 7) is 3.04. The number of nitrogens with one attached hydrogen (secondary N) is 3. The van der Waals surface area contributed by atoms with E-state index in [0.29, 0.717) is 22.6 Å². The van der Waals surface area contributed by atoms with E-state index in [4.69, 9.17) is 23.1 Å². The smallest absolute Gasteiger partial charge is 0.382 e. The van der Waals surface area contributed by atoms with Gasteiger partial charge in [-0.1, -0.05) is 73.7 Å². The normalized spacial score (nSPS) is 16.8. The van der Waals surface area contributed by atoms with Gasteiger partial charge in [-0.15, -0.1) is 5.10 Å². The Labute approximate surface area is 343 Å². The molecule has 0 spiro atoms. The van der Waals surface area contributed by atoms with Crippen molar-refractivity contribution >= 4 is 39.0 Å². The molecule has 0 aliphatic carbocycles. The van der Waals surface area contributed by atoms with Gasteiger partial charge >= 0.3 is 10.3 Å². The van der Waals surface area contributed by atoms with Crippen molar-refractivity contribution in [3.05, 3.63) is 140 Å². The molecule has 3 atom stereocenters. The van der Waals surface area contributed by atoms with Crippen LogP contribution in [0.4, 0.5) is 11.6 Å². The number of carbonyl (C=O) groups excluding carboxylic acids is 1. The van der Waals surface area contributed by atoms with Gasteiger partial charge in [-0.3, -0.25) is 30.0 Å². The lowest BCUT2D eigenvalue weighted by Gasteiger charge is -2.39. The summed E-state index contributed by atoms with van der Waals surface area (Å²) >= 11 is 0. The highest BCUT2D eigenvalue weighted by molar-refractivity contribution is 7.85. The van der Waals surface area contributed by atoms with Crippen molar-refractivity contribution in [2.75, 3.05) is 26.1 Å². The van der Waals surface area contributed by atoms with Gasteiger partial charge in [0.05, 0.1) is 25.2 Å². The fourth-order valence-electron chi connectivity index (χ4n) is 6.73. The number of H-pyrrole nitrogens is 1. The van der Waals surface area contributed by atoms with Gasteiger partial charge in [-0.2, -0.15) is 22.8 Å². The number of aromatic amines is 1. The summed E-state index contributed by atoms with van der Waals surface area (Å²) in [6.07, 6.45) is -3.02. The van der Waals surface area contributed by atoms with E-state index in [1.54, 1.807) is 52.3 Å². The number of aromatic nitrogens is 5. The van der Waals surface area contributed by atoms with E-state index in [1.165, 1.54) is 4.68 Å². The number of hydrogen-bond acceptors (Lipinski definition) is 14. The van der Waals surface area contributed by atoms with Gasteiger partial charge in [0, 0.05) is 31.0 Å². The number of benzene rings is 4. The average molecular weight is 841 g/mol. The number of non-ortho nitro benzene ring substituents is 1. The van der Waals surface area contributed by atoms with Gasteiger partial charge in [0.1, 0.15) is 29.0 Å². The molecule has 19 nitrogen and oxygen atoms in total. The van der Waals surface area contributed by atoms with Crippen LogP contribution in [0.3, 0.4) is 0 Å². The van der Waals surface area contributed by atoms with E-state index in [0.717, 1.165) is 29.8 Å². The number of nitro groups is 1. The first-order valence-corrected chi connectivity index (χ1v) is 20.0. The molecule has 1 aliphatic heterocycles. The van der Waals surface area contributed by atoms with E-state index >= 15 is 0 Å². The molecule has 3 heterocycles. The number of hydrogen-bond donors (Lipinski definition) is 3. The molecule has 312 valence electrons. The lowest BCUT2D eigenvalue weighted by molar-refractivity contribution is -0.384. The Morgan fingerprint density at radius 3 is 2.08 bits per heavy atom. The second-order valence-electron chi connectivity index (χ2n) is 13.9. The highest BCUT2D eigenvalue weighted by Crippen LogP contribution is 2.46. The molecule has 6 aromatic rings. The molecule has 1 amide bonds. The molecular weight excluding hydrogens is 801 g/mol. The first kappa shape index (κ1) is 41.4. The number of rotatable bonds is 16. The molecule has 0 unspecified atom stereocenters. The highest BCUT2D eigenvalue weighted by atomic mass is 32.2. The number of carbonyl (C=O) groups is 1. The first-order valence-electron chi connectivity index (χ1n) is 18.6. The third kappa shape index (κ3) is 8.66. The van der Waals surface area contributed by atoms with Crippen molar-refractivity contribution in [2.45, 2.75) is 44.3 Å². The number of ether oxygens (including phenoxy) is 4. The predicted molar refractivity (Wildman–Crippen MR) is 216 cm³/mol. The molecule has 4 aromatic carbocycles. The van der Waals surface area contributed by atoms with Crippen LogP contribution in [0.2, 0.25) is 0 Å². The number of nitro benzene ring substituents is 1. The van der Waals surface area contributed by atoms with Crippen LogP contribution in [0.1, 0.15) is 43.2 Å². The summed E-state index contributed by atoms with van der Waals surface area (Å²) in [4.78, 5) is 43.4. The van der Waals surface area contributed by atoms with E-state index in [9.17, 15) is 28.1 Å². The van der Waals surface area contributed by atoms with Crippen LogP contribution in [0, 0.1) is 16.0 Å². The van der Waals surface area contributed by atoms with Crippen LogP contribution in [-0.2, 0) is 30.2 Å². The fourth-order valence-corrected chi connectivity index (χ4v) is 7.54. The maximum atomic E-state index is 13.2. The Balaban J connectivity index is 1.32. The van der Waals surface area contributed by atoms with Crippen LogP contribution in [-0.4, -0.2) is 77.2 Å². The zero-order valence-electron chi connectivity index (χ0n) is 32.7. The molecule has 60 heavy (non-hydrogen) atoms. The summed E-state index contributed by atoms with van der Waals surface area (Å²) in [5.41, 5.74) is -0.395. The quantitative estimate of drug-likeness (QED) is 0.0685. The van der Waals surface area contributed by atoms with Crippen molar-refractivity contribution in [3.8, 4) is 17.2 Å². The molecular formula is C40H40N8O11S. The first-order chi connectivity index (χ1) is 28.8. The van der Waals surface area contributed by atoms with Gasteiger partial charge in [-0.05, 0) is 53.1 Å². The molecule has 0 radical (unpaired) electrons. The molecule has 20 heteroatoms. The van der Waals surface area contributed by atoms with Crippen LogP contribution >= 0.6 is 0 Å². The number of amides is 1. The van der Waals surface area contributed by atoms with Gasteiger partial charge in [0.25, 0.3) is 11.2 Å². The monoisotopic (exact) mass is 840 g/mol. The molecule has 1 aliphatic rings. The lowest BCUT2D eigenvalue weighted by atomic mass is 9.79. The van der Waals surface area contributed by atoms with Gasteiger partial charge in [0.15, 0.2) is 17.4 Å². The highest BCUT2D eigenvalue weighted by Gasteiger charge is 2.47. The Kier molecular flexibility index (Phi) is 11.9. The summed E-state index contributed by atoms with van der Waals surface area (Å²) in [6, 6.07) is 28.7. The van der Waals surface area contributed by atoms with Crippen molar-refractivity contribution in [3.63, 3.8) is 0 Å². The zero-order valence-corrected chi connectivity index (χ0v) is 33.5. The standard InChI is InChI=1S/C40H40N8O11S/c1-24(2)36(49)43-39-42-35-34(37(50)44-39)45-46-47(35)38-33(22-32(57-38)23-41-60(53,54)59-31-20-14-28(15-21-31)48(51)52)58-40(25-8-6-5-7-9-25,26-10-16-29(55-3)17-11-26)27-12-18-30(56-4)19-13-27/h5-21,24,32-33,38,41H,22-23H2,1-4H3,(H2,42,43,44,49,50)/t32-,33+,38+/m0/s1. The van der Waals surface area contributed by atoms with Crippen LogP contribution in [0.15, 0.2) is 108 Å². The number of anilines is 1. The van der Waals surface area contributed by atoms with E-state index in [2.05, 4.69) is 30.3 Å². The van der Waals surface area contributed by atoms with Gasteiger partial charge in [0.2, 0.25) is 11.9 Å². The minimum atomic E-state index is -4.48. The maximum absolute atomic E-state index is 13.2. The van der Waals surface area contributed by atoms with E-state index in [1.807, 2.05) is 54.6 Å². The third-order valence-electron chi connectivity index (χ3n) is 9.73. The summed E-state index contributed by atoms with van der Waals surface area (Å²) in [5, 5.41) is 22.1.